The lowest BCUT2D eigenvalue weighted by Crippen LogP contribution is -1.94. The van der Waals surface area contributed by atoms with E-state index in [1.54, 1.807) is 18.6 Å². The molecular formula is C17H18N2O2. The second-order valence-electron chi connectivity index (χ2n) is 4.62. The van der Waals surface area contributed by atoms with Gasteiger partial charge < -0.3 is 14.0 Å². The summed E-state index contributed by atoms with van der Waals surface area (Å²) in [5.41, 5.74) is 2.92. The largest absolute Gasteiger partial charge is 0.465 e. The predicted octanol–water partition coefficient (Wildman–Crippen LogP) is 3.86. The van der Waals surface area contributed by atoms with Crippen LogP contribution in [0.4, 0.5) is 0 Å². The molecule has 2 aromatic rings. The van der Waals surface area contributed by atoms with Crippen LogP contribution >= 0.6 is 0 Å². The van der Waals surface area contributed by atoms with Crippen molar-refractivity contribution in [3.8, 4) is 6.07 Å². The highest BCUT2D eigenvalue weighted by atomic mass is 16.7. The topological polar surface area (TPSA) is 47.2 Å². The second kappa shape index (κ2) is 7.20. The normalized spacial score (nSPS) is 11.3. The van der Waals surface area contributed by atoms with Crippen molar-refractivity contribution in [3.05, 3.63) is 60.2 Å². The van der Waals surface area contributed by atoms with E-state index < -0.39 is 0 Å². The zero-order valence-electron chi connectivity index (χ0n) is 12.2. The number of hydrogen-bond acceptors (Lipinski definition) is 3. The predicted molar refractivity (Wildman–Crippen MR) is 82.4 cm³/mol. The van der Waals surface area contributed by atoms with Gasteiger partial charge in [-0.25, -0.2) is 0 Å². The second-order valence-corrected chi connectivity index (χ2v) is 4.62. The van der Waals surface area contributed by atoms with Crippen molar-refractivity contribution in [1.29, 1.82) is 5.26 Å². The van der Waals surface area contributed by atoms with Crippen LogP contribution in [-0.2, 0) is 16.0 Å². The van der Waals surface area contributed by atoms with E-state index >= 15 is 0 Å². The Morgan fingerprint density at radius 1 is 1.29 bits per heavy atom. The van der Waals surface area contributed by atoms with E-state index in [2.05, 4.69) is 12.1 Å². The first-order chi connectivity index (χ1) is 10.3. The van der Waals surface area contributed by atoms with Gasteiger partial charge in [0, 0.05) is 23.6 Å². The number of aryl methyl sites for hydroxylation is 1. The Morgan fingerprint density at radius 3 is 2.86 bits per heavy atom. The first-order valence-corrected chi connectivity index (χ1v) is 6.75. The first kappa shape index (κ1) is 14.7. The van der Waals surface area contributed by atoms with E-state index in [0.717, 1.165) is 10.9 Å². The fourth-order valence-corrected chi connectivity index (χ4v) is 2.08. The van der Waals surface area contributed by atoms with Gasteiger partial charge in [0.25, 0.3) is 0 Å². The standard InChI is InChI=1S/C17H18N2O2/c1-3-8-20-13-21-9-4-7-19-12-15(11-18)16-6-5-14(2)10-17(16)19/h3-6,8-10,12H,7,13H2,1-2H3/b8-3+,9-4+. The van der Waals surface area contributed by atoms with Crippen LogP contribution in [0.5, 0.6) is 0 Å². The molecule has 0 saturated heterocycles. The highest BCUT2D eigenvalue weighted by molar-refractivity contribution is 5.87. The van der Waals surface area contributed by atoms with Gasteiger partial charge >= 0.3 is 0 Å². The van der Waals surface area contributed by atoms with Crippen LogP contribution in [0.15, 0.2) is 49.1 Å². The van der Waals surface area contributed by atoms with Gasteiger partial charge in [-0.2, -0.15) is 5.26 Å². The van der Waals surface area contributed by atoms with E-state index in [9.17, 15) is 5.26 Å². The molecule has 0 radical (unpaired) electrons. The van der Waals surface area contributed by atoms with Crippen molar-refractivity contribution in [1.82, 2.24) is 4.57 Å². The van der Waals surface area contributed by atoms with Crippen LogP contribution < -0.4 is 0 Å². The summed E-state index contributed by atoms with van der Waals surface area (Å²) >= 11 is 0. The molecule has 2 rings (SSSR count). The molecule has 108 valence electrons. The number of nitrogens with zero attached hydrogens (tertiary/aromatic N) is 2. The minimum Gasteiger partial charge on any atom is -0.465 e. The summed E-state index contributed by atoms with van der Waals surface area (Å²) in [5, 5.41) is 10.2. The Morgan fingerprint density at radius 2 is 2.10 bits per heavy atom. The van der Waals surface area contributed by atoms with Gasteiger partial charge in [0.15, 0.2) is 0 Å². The molecule has 0 fully saturated rings. The third kappa shape index (κ3) is 3.67. The Hall–Kier alpha value is -2.67. The lowest BCUT2D eigenvalue weighted by molar-refractivity contribution is 0.0447. The smallest absolute Gasteiger partial charge is 0.229 e. The molecule has 0 N–H and O–H groups in total. The van der Waals surface area contributed by atoms with Crippen LogP contribution in [0, 0.1) is 18.3 Å². The molecule has 0 spiro atoms. The molecule has 4 nitrogen and oxygen atoms in total. The highest BCUT2D eigenvalue weighted by Gasteiger charge is 2.07. The minimum atomic E-state index is 0.190. The summed E-state index contributed by atoms with van der Waals surface area (Å²) in [7, 11) is 0. The fraction of sp³-hybridized carbons (Fsp3) is 0.235. The summed E-state index contributed by atoms with van der Waals surface area (Å²) in [5.74, 6) is 0. The fourth-order valence-electron chi connectivity index (χ4n) is 2.08. The maximum atomic E-state index is 9.18. The van der Waals surface area contributed by atoms with E-state index in [1.165, 1.54) is 5.56 Å². The van der Waals surface area contributed by atoms with Crippen LogP contribution in [-0.4, -0.2) is 11.4 Å². The lowest BCUT2D eigenvalue weighted by Gasteiger charge is -2.03. The highest BCUT2D eigenvalue weighted by Crippen LogP contribution is 2.22. The number of allylic oxidation sites excluding steroid dienone is 2. The lowest BCUT2D eigenvalue weighted by atomic mass is 10.1. The third-order valence-electron chi connectivity index (χ3n) is 3.02. The van der Waals surface area contributed by atoms with E-state index in [4.69, 9.17) is 9.47 Å². The minimum absolute atomic E-state index is 0.190. The van der Waals surface area contributed by atoms with Gasteiger partial charge in [-0.1, -0.05) is 18.2 Å². The maximum Gasteiger partial charge on any atom is 0.229 e. The first-order valence-electron chi connectivity index (χ1n) is 6.75. The average Bonchev–Trinajstić information content (AvgIpc) is 2.83. The molecule has 0 aliphatic carbocycles. The summed E-state index contributed by atoms with van der Waals surface area (Å²) in [6, 6.07) is 8.32. The Balaban J connectivity index is 2.07. The van der Waals surface area contributed by atoms with Crippen molar-refractivity contribution in [2.24, 2.45) is 0 Å². The monoisotopic (exact) mass is 282 g/mol. The molecule has 0 saturated carbocycles. The average molecular weight is 282 g/mol. The van der Waals surface area contributed by atoms with Crippen LogP contribution in [0.3, 0.4) is 0 Å². The van der Waals surface area contributed by atoms with Gasteiger partial charge in [0.2, 0.25) is 6.79 Å². The molecule has 0 aliphatic heterocycles. The van der Waals surface area contributed by atoms with Crippen molar-refractivity contribution >= 4 is 10.9 Å². The maximum absolute atomic E-state index is 9.18. The zero-order chi connectivity index (χ0) is 15.1. The van der Waals surface area contributed by atoms with E-state index in [0.29, 0.717) is 12.1 Å². The number of hydrogen-bond donors (Lipinski definition) is 0. The molecule has 4 heteroatoms. The van der Waals surface area contributed by atoms with Gasteiger partial charge in [-0.3, -0.25) is 0 Å². The Kier molecular flexibility index (Phi) is 5.05. The molecule has 1 aromatic heterocycles. The number of nitriles is 1. The zero-order valence-corrected chi connectivity index (χ0v) is 12.2. The Bertz CT molecular complexity index is 705. The van der Waals surface area contributed by atoms with Crippen molar-refractivity contribution in [2.45, 2.75) is 20.4 Å². The quantitative estimate of drug-likeness (QED) is 0.459. The number of aromatic nitrogens is 1. The molecule has 1 aromatic carbocycles. The molecule has 0 bridgehead atoms. The van der Waals surface area contributed by atoms with Crippen LogP contribution in [0.1, 0.15) is 18.1 Å². The van der Waals surface area contributed by atoms with Gasteiger partial charge in [-0.15, -0.1) is 0 Å². The number of rotatable bonds is 6. The summed E-state index contributed by atoms with van der Waals surface area (Å²) in [6.45, 7) is 4.75. The summed E-state index contributed by atoms with van der Waals surface area (Å²) in [6.07, 6.45) is 8.74. The van der Waals surface area contributed by atoms with E-state index in [-0.39, 0.29) is 6.79 Å². The molecular weight excluding hydrogens is 264 g/mol. The summed E-state index contributed by atoms with van der Waals surface area (Å²) < 4.78 is 12.3. The number of benzene rings is 1. The Labute approximate surface area is 124 Å². The van der Waals surface area contributed by atoms with Gasteiger partial charge in [0.05, 0.1) is 18.1 Å². The molecule has 0 atom stereocenters. The SMILES string of the molecule is C/C=C/OCO/C=C/Cn1cc(C#N)c2ccc(C)cc21. The number of fused-ring (bicyclic) bond motifs is 1. The summed E-state index contributed by atoms with van der Waals surface area (Å²) in [4.78, 5) is 0. The molecule has 0 aliphatic rings. The van der Waals surface area contributed by atoms with Gasteiger partial charge in [0.1, 0.15) is 6.07 Å². The van der Waals surface area contributed by atoms with Gasteiger partial charge in [-0.05, 0) is 31.6 Å². The molecule has 1 heterocycles. The van der Waals surface area contributed by atoms with Crippen LogP contribution in [0.25, 0.3) is 10.9 Å². The van der Waals surface area contributed by atoms with Crippen LogP contribution in [0.2, 0.25) is 0 Å². The van der Waals surface area contributed by atoms with Crippen molar-refractivity contribution in [3.63, 3.8) is 0 Å². The molecule has 0 unspecified atom stereocenters. The third-order valence-corrected chi connectivity index (χ3v) is 3.02. The molecule has 21 heavy (non-hydrogen) atoms. The van der Waals surface area contributed by atoms with Crippen molar-refractivity contribution < 1.29 is 9.47 Å². The number of ether oxygens (including phenoxy) is 2. The van der Waals surface area contributed by atoms with E-state index in [1.807, 2.05) is 42.8 Å². The molecule has 0 amide bonds. The van der Waals surface area contributed by atoms with Crippen molar-refractivity contribution in [2.75, 3.05) is 6.79 Å².